The summed E-state index contributed by atoms with van der Waals surface area (Å²) in [4.78, 5) is 26.6. The summed E-state index contributed by atoms with van der Waals surface area (Å²) in [5, 5.41) is 8.76. The lowest BCUT2D eigenvalue weighted by Gasteiger charge is -2.13. The monoisotopic (exact) mass is 476 g/mol. The van der Waals surface area contributed by atoms with Crippen LogP contribution < -0.4 is 5.32 Å². The number of hydrogen-bond acceptors (Lipinski definition) is 6. The third-order valence-electron chi connectivity index (χ3n) is 5.49. The zero-order valence-electron chi connectivity index (χ0n) is 17.0. The van der Waals surface area contributed by atoms with Crippen LogP contribution in [0.4, 0.5) is 5.95 Å². The predicted octanol–water partition coefficient (Wildman–Crippen LogP) is 4.26. The molecule has 0 amide bonds. The van der Waals surface area contributed by atoms with Gasteiger partial charge in [0.2, 0.25) is 5.95 Å². The molecule has 1 aromatic carbocycles. The summed E-state index contributed by atoms with van der Waals surface area (Å²) in [5.41, 5.74) is 4.45. The molecule has 0 bridgehead atoms. The molecule has 156 valence electrons. The smallest absolute Gasteiger partial charge is 0.225 e. The Labute approximate surface area is 188 Å². The number of Topliss-reactive ketones (excluding diaryl/α,β-unsaturated/α-hetero) is 1. The van der Waals surface area contributed by atoms with Crippen LogP contribution in [0.2, 0.25) is 0 Å². The lowest BCUT2D eigenvalue weighted by atomic mass is 9.95. The highest BCUT2D eigenvalue weighted by Crippen LogP contribution is 2.39. The number of carbonyl (C=O) groups is 1. The van der Waals surface area contributed by atoms with E-state index in [1.807, 2.05) is 41.2 Å². The first-order chi connectivity index (χ1) is 15.1. The fourth-order valence-electron chi connectivity index (χ4n) is 4.06. The number of pyridine rings is 1. The van der Waals surface area contributed by atoms with Gasteiger partial charge < -0.3 is 5.32 Å². The number of ketones is 1. The van der Waals surface area contributed by atoms with Gasteiger partial charge in [-0.25, -0.2) is 4.98 Å². The maximum Gasteiger partial charge on any atom is 0.225 e. The molecular weight excluding hydrogens is 456 g/mol. The summed E-state index contributed by atoms with van der Waals surface area (Å²) in [6.07, 6.45) is 6.85. The third-order valence-corrected chi connectivity index (χ3v) is 5.98. The van der Waals surface area contributed by atoms with Crippen LogP contribution >= 0.6 is 15.9 Å². The van der Waals surface area contributed by atoms with E-state index < -0.39 is 5.92 Å². The van der Waals surface area contributed by atoms with Crippen molar-refractivity contribution in [2.45, 2.75) is 38.8 Å². The van der Waals surface area contributed by atoms with E-state index in [1.54, 1.807) is 12.4 Å². The van der Waals surface area contributed by atoms with Crippen LogP contribution in [0.15, 0.2) is 53.4 Å². The summed E-state index contributed by atoms with van der Waals surface area (Å²) >= 11 is 3.55. The molecule has 0 aliphatic heterocycles. The number of nitrogens with one attached hydrogen (secondary N) is 1. The summed E-state index contributed by atoms with van der Waals surface area (Å²) in [6.45, 7) is 3.45. The number of fused-ring (bicyclic) bond motifs is 2. The van der Waals surface area contributed by atoms with Gasteiger partial charge in [-0.05, 0) is 47.4 Å². The summed E-state index contributed by atoms with van der Waals surface area (Å²) in [5.74, 6) is 0.201. The van der Waals surface area contributed by atoms with Crippen molar-refractivity contribution in [3.05, 3.63) is 75.8 Å². The number of carbonyl (C=O) groups excluding carboxylic acids is 1. The van der Waals surface area contributed by atoms with E-state index in [2.05, 4.69) is 43.2 Å². The van der Waals surface area contributed by atoms with Gasteiger partial charge in [0, 0.05) is 42.6 Å². The van der Waals surface area contributed by atoms with E-state index in [-0.39, 0.29) is 5.78 Å². The van der Waals surface area contributed by atoms with E-state index >= 15 is 0 Å². The third kappa shape index (κ3) is 3.83. The lowest BCUT2D eigenvalue weighted by molar-refractivity contribution is -0.118. The Hall–Kier alpha value is -3.13. The van der Waals surface area contributed by atoms with Crippen molar-refractivity contribution in [3.63, 3.8) is 0 Å². The van der Waals surface area contributed by atoms with Crippen molar-refractivity contribution in [2.75, 3.05) is 5.32 Å². The van der Waals surface area contributed by atoms with Crippen LogP contribution in [0.3, 0.4) is 0 Å². The average Bonchev–Trinajstić information content (AvgIpc) is 3.32. The largest absolute Gasteiger partial charge is 0.350 e. The standard InChI is InChI=1S/C23H21BrN6O/c1-2-9-30-13-18-21(20-17-11-16(24)4-3-15(17)10-19(20)31)27-23(28-22(18)29-30)26-12-14-5-7-25-8-6-14/h3-8,11,13,20H,2,9-10,12H2,1H3,(H,26,28,29). The van der Waals surface area contributed by atoms with Gasteiger partial charge in [-0.2, -0.15) is 10.1 Å². The van der Waals surface area contributed by atoms with E-state index in [0.29, 0.717) is 30.3 Å². The number of hydrogen-bond donors (Lipinski definition) is 1. The first-order valence-corrected chi connectivity index (χ1v) is 11.1. The molecule has 8 heteroatoms. The highest BCUT2D eigenvalue weighted by atomic mass is 79.9. The summed E-state index contributed by atoms with van der Waals surface area (Å²) in [6, 6.07) is 9.90. The van der Waals surface area contributed by atoms with Gasteiger partial charge in [-0.1, -0.05) is 28.9 Å². The molecule has 1 aliphatic rings. The topological polar surface area (TPSA) is 85.6 Å². The van der Waals surface area contributed by atoms with E-state index in [1.165, 1.54) is 0 Å². The fraction of sp³-hybridized carbons (Fsp3) is 0.261. The second kappa shape index (κ2) is 8.19. The number of aryl methyl sites for hydroxylation is 1. The van der Waals surface area contributed by atoms with Gasteiger partial charge in [0.25, 0.3) is 0 Å². The molecule has 3 aromatic heterocycles. The molecular formula is C23H21BrN6O. The molecule has 3 heterocycles. The van der Waals surface area contributed by atoms with Crippen LogP contribution in [-0.2, 0) is 24.3 Å². The maximum absolute atomic E-state index is 13.1. The van der Waals surface area contributed by atoms with Crippen molar-refractivity contribution in [3.8, 4) is 0 Å². The van der Waals surface area contributed by atoms with E-state index in [9.17, 15) is 4.79 Å². The Balaban J connectivity index is 1.60. The number of nitrogens with zero attached hydrogens (tertiary/aromatic N) is 5. The number of anilines is 1. The second-order valence-corrected chi connectivity index (χ2v) is 8.61. The molecule has 0 radical (unpaired) electrons. The van der Waals surface area contributed by atoms with Crippen molar-refractivity contribution in [1.82, 2.24) is 24.7 Å². The summed E-state index contributed by atoms with van der Waals surface area (Å²) in [7, 11) is 0. The Morgan fingerprint density at radius 1 is 1.19 bits per heavy atom. The Morgan fingerprint density at radius 3 is 2.84 bits per heavy atom. The van der Waals surface area contributed by atoms with Crippen molar-refractivity contribution in [2.24, 2.45) is 0 Å². The van der Waals surface area contributed by atoms with Gasteiger partial charge in [0.1, 0.15) is 0 Å². The molecule has 1 unspecified atom stereocenters. The maximum atomic E-state index is 13.1. The second-order valence-electron chi connectivity index (χ2n) is 7.69. The number of benzene rings is 1. The molecule has 0 saturated heterocycles. The van der Waals surface area contributed by atoms with Gasteiger partial charge in [0.05, 0.1) is 17.0 Å². The van der Waals surface area contributed by atoms with Crippen LogP contribution in [0.25, 0.3) is 11.0 Å². The van der Waals surface area contributed by atoms with Gasteiger partial charge >= 0.3 is 0 Å². The molecule has 4 aromatic rings. The van der Waals surface area contributed by atoms with Crippen molar-refractivity contribution in [1.29, 1.82) is 0 Å². The predicted molar refractivity (Wildman–Crippen MR) is 122 cm³/mol. The van der Waals surface area contributed by atoms with Gasteiger partial charge in [0.15, 0.2) is 11.4 Å². The average molecular weight is 477 g/mol. The lowest BCUT2D eigenvalue weighted by Crippen LogP contribution is -2.13. The molecule has 1 aliphatic carbocycles. The Morgan fingerprint density at radius 2 is 2.03 bits per heavy atom. The van der Waals surface area contributed by atoms with Crippen molar-refractivity contribution < 1.29 is 4.79 Å². The molecule has 31 heavy (non-hydrogen) atoms. The van der Waals surface area contributed by atoms with Crippen LogP contribution in [0.1, 0.15) is 41.6 Å². The first-order valence-electron chi connectivity index (χ1n) is 10.3. The van der Waals surface area contributed by atoms with Crippen LogP contribution in [-0.4, -0.2) is 30.5 Å². The highest BCUT2D eigenvalue weighted by Gasteiger charge is 2.35. The minimum Gasteiger partial charge on any atom is -0.350 e. The first kappa shape index (κ1) is 19.8. The quantitative estimate of drug-likeness (QED) is 0.447. The van der Waals surface area contributed by atoms with Crippen LogP contribution in [0.5, 0.6) is 0 Å². The van der Waals surface area contributed by atoms with Crippen molar-refractivity contribution >= 4 is 38.7 Å². The SMILES string of the molecule is CCCn1cc2c(C3C(=O)Cc4ccc(Br)cc43)nc(NCc3ccncc3)nc2n1. The molecule has 1 N–H and O–H groups in total. The molecule has 0 fully saturated rings. The minimum absolute atomic E-state index is 0.149. The minimum atomic E-state index is -0.418. The number of rotatable bonds is 6. The Kier molecular flexibility index (Phi) is 5.23. The normalized spacial score (nSPS) is 15.4. The van der Waals surface area contributed by atoms with Gasteiger partial charge in [-0.15, -0.1) is 0 Å². The van der Waals surface area contributed by atoms with Gasteiger partial charge in [-0.3, -0.25) is 14.5 Å². The number of aromatic nitrogens is 5. The zero-order valence-corrected chi connectivity index (χ0v) is 18.6. The molecule has 0 spiro atoms. The zero-order chi connectivity index (χ0) is 21.4. The van der Waals surface area contributed by atoms with E-state index in [4.69, 9.17) is 4.98 Å². The number of halogens is 1. The molecule has 5 rings (SSSR count). The van der Waals surface area contributed by atoms with Crippen LogP contribution in [0, 0.1) is 0 Å². The fourth-order valence-corrected chi connectivity index (χ4v) is 4.44. The summed E-state index contributed by atoms with van der Waals surface area (Å²) < 4.78 is 2.84. The molecule has 7 nitrogen and oxygen atoms in total. The highest BCUT2D eigenvalue weighted by molar-refractivity contribution is 9.10. The molecule has 1 atom stereocenters. The van der Waals surface area contributed by atoms with E-state index in [0.717, 1.165) is 39.5 Å². The molecule has 0 saturated carbocycles. The Bertz CT molecular complexity index is 1270.